The molecule has 0 saturated carbocycles. The summed E-state index contributed by atoms with van der Waals surface area (Å²) in [5.41, 5.74) is 0.463. The number of carbonyl (C=O) groups is 1. The fourth-order valence-corrected chi connectivity index (χ4v) is 4.16. The molecule has 1 aromatic carbocycles. The van der Waals surface area contributed by atoms with Crippen molar-refractivity contribution in [2.75, 3.05) is 73.9 Å². The average molecular weight is 497 g/mol. The summed E-state index contributed by atoms with van der Waals surface area (Å²) < 4.78 is 27.8. The van der Waals surface area contributed by atoms with Crippen LogP contribution in [0.15, 0.2) is 12.1 Å². The van der Waals surface area contributed by atoms with Gasteiger partial charge >= 0.3 is 0 Å². The fourth-order valence-electron chi connectivity index (χ4n) is 4.16. The Bertz CT molecular complexity index is 762. The van der Waals surface area contributed by atoms with Gasteiger partial charge in [0.25, 0.3) is 5.91 Å². The highest BCUT2D eigenvalue weighted by Crippen LogP contribution is 2.38. The number of morpholine rings is 1. The molecule has 1 saturated heterocycles. The van der Waals surface area contributed by atoms with E-state index in [1.807, 2.05) is 4.90 Å². The highest BCUT2D eigenvalue weighted by molar-refractivity contribution is 5.95. The van der Waals surface area contributed by atoms with Crippen molar-refractivity contribution in [3.63, 3.8) is 0 Å². The van der Waals surface area contributed by atoms with E-state index in [0.29, 0.717) is 74.7 Å². The molecule has 0 radical (unpaired) electrons. The van der Waals surface area contributed by atoms with E-state index in [0.717, 1.165) is 6.54 Å². The Morgan fingerprint density at radius 1 is 1.09 bits per heavy atom. The molecule has 0 aromatic heterocycles. The minimum Gasteiger partial charge on any atom is -0.493 e. The first-order valence-corrected chi connectivity index (χ1v) is 12.4. The number of ether oxygens (including phenoxy) is 5. The van der Waals surface area contributed by atoms with Gasteiger partial charge in [-0.15, -0.1) is 0 Å². The van der Waals surface area contributed by atoms with E-state index in [4.69, 9.17) is 23.7 Å². The molecule has 0 aliphatic carbocycles. The Morgan fingerprint density at radius 3 is 2.29 bits per heavy atom. The zero-order valence-electron chi connectivity index (χ0n) is 22.4. The number of aliphatic hydroxyl groups excluding tert-OH is 1. The lowest BCUT2D eigenvalue weighted by Crippen LogP contribution is -2.51. The monoisotopic (exact) mass is 496 g/mol. The van der Waals surface area contributed by atoms with Gasteiger partial charge in [0, 0.05) is 44.9 Å². The van der Waals surface area contributed by atoms with Crippen LogP contribution in [0.5, 0.6) is 17.2 Å². The van der Waals surface area contributed by atoms with Gasteiger partial charge in [-0.1, -0.05) is 27.7 Å². The second-order valence-electron chi connectivity index (χ2n) is 9.86. The summed E-state index contributed by atoms with van der Waals surface area (Å²) in [5.74, 6) is 1.91. The normalized spacial score (nSPS) is 17.5. The molecule has 2 rings (SSSR count). The second-order valence-corrected chi connectivity index (χ2v) is 9.86. The van der Waals surface area contributed by atoms with Gasteiger partial charge in [0.05, 0.1) is 46.8 Å². The summed E-state index contributed by atoms with van der Waals surface area (Å²) in [5, 5.41) is 10.4. The molecule has 35 heavy (non-hydrogen) atoms. The molecule has 1 amide bonds. The van der Waals surface area contributed by atoms with E-state index in [2.05, 4.69) is 32.6 Å². The Labute approximate surface area is 210 Å². The zero-order chi connectivity index (χ0) is 26.0. The van der Waals surface area contributed by atoms with Gasteiger partial charge in [-0.05, 0) is 24.0 Å². The number of benzene rings is 1. The van der Waals surface area contributed by atoms with E-state index in [-0.39, 0.29) is 17.9 Å². The van der Waals surface area contributed by atoms with E-state index in [1.54, 1.807) is 12.1 Å². The molecule has 200 valence electrons. The summed E-state index contributed by atoms with van der Waals surface area (Å²) in [7, 11) is 4.60. The van der Waals surface area contributed by atoms with Gasteiger partial charge in [0.1, 0.15) is 0 Å². The quantitative estimate of drug-likeness (QED) is 0.420. The predicted molar refractivity (Wildman–Crippen MR) is 135 cm³/mol. The molecule has 0 spiro atoms. The predicted octanol–water partition coefficient (Wildman–Crippen LogP) is 2.54. The first-order chi connectivity index (χ1) is 16.7. The molecule has 9 nitrogen and oxygen atoms in total. The van der Waals surface area contributed by atoms with Gasteiger partial charge in [-0.2, -0.15) is 0 Å². The Balaban J connectivity index is 2.09. The van der Waals surface area contributed by atoms with Gasteiger partial charge in [0.15, 0.2) is 11.5 Å². The molecule has 2 atom stereocenters. The van der Waals surface area contributed by atoms with Crippen molar-refractivity contribution in [2.24, 2.45) is 11.8 Å². The Hall–Kier alpha value is -2.07. The van der Waals surface area contributed by atoms with Crippen molar-refractivity contribution in [3.8, 4) is 17.2 Å². The van der Waals surface area contributed by atoms with Crippen molar-refractivity contribution < 1.29 is 33.6 Å². The number of hydrogen-bond donors (Lipinski definition) is 1. The number of nitrogens with zero attached hydrogens (tertiary/aromatic N) is 2. The summed E-state index contributed by atoms with van der Waals surface area (Å²) >= 11 is 0. The van der Waals surface area contributed by atoms with E-state index in [9.17, 15) is 9.90 Å². The average Bonchev–Trinajstić information content (AvgIpc) is 2.81. The van der Waals surface area contributed by atoms with Crippen LogP contribution in [0.3, 0.4) is 0 Å². The number of hydrogen-bond acceptors (Lipinski definition) is 8. The number of aliphatic hydroxyl groups is 1. The summed E-state index contributed by atoms with van der Waals surface area (Å²) in [6.07, 6.45) is -0.711. The Kier molecular flexibility index (Phi) is 12.1. The third-order valence-corrected chi connectivity index (χ3v) is 5.66. The van der Waals surface area contributed by atoms with Gasteiger partial charge < -0.3 is 33.7 Å². The lowest BCUT2D eigenvalue weighted by atomic mass is 10.1. The topological polar surface area (TPSA) is 89.9 Å². The van der Waals surface area contributed by atoms with Crippen molar-refractivity contribution >= 4 is 5.91 Å². The molecule has 1 aromatic rings. The van der Waals surface area contributed by atoms with Crippen LogP contribution in [0.4, 0.5) is 0 Å². The molecule has 1 aliphatic heterocycles. The molecule has 1 heterocycles. The molecule has 9 heteroatoms. The minimum absolute atomic E-state index is 0.124. The Morgan fingerprint density at radius 2 is 1.74 bits per heavy atom. The maximum Gasteiger partial charge on any atom is 0.254 e. The number of carbonyl (C=O) groups excluding carboxylic acids is 1. The van der Waals surface area contributed by atoms with Crippen LogP contribution in [0.1, 0.15) is 38.1 Å². The first-order valence-electron chi connectivity index (χ1n) is 12.4. The highest BCUT2D eigenvalue weighted by atomic mass is 16.5. The standard InChI is InChI=1S/C26H44N2O7/c1-18(2)12-28(26(30)20-10-23(31-5)25(33-7)24(11-20)32-6)15-22-14-27(8-9-35-22)13-21(29)17-34-16-19(3)4/h10-11,18-19,21-22,29H,8-9,12-17H2,1-7H3/t21-,22-/m1/s1. The number of methoxy groups -OCH3 is 3. The van der Waals surface area contributed by atoms with Crippen LogP contribution in [-0.2, 0) is 9.47 Å². The molecular weight excluding hydrogens is 452 g/mol. The molecule has 1 aliphatic rings. The van der Waals surface area contributed by atoms with Crippen LogP contribution in [0, 0.1) is 11.8 Å². The van der Waals surface area contributed by atoms with Crippen molar-refractivity contribution in [1.29, 1.82) is 0 Å². The summed E-state index contributed by atoms with van der Waals surface area (Å²) in [4.78, 5) is 17.6. The lowest BCUT2D eigenvalue weighted by molar-refractivity contribution is -0.0602. The first kappa shape index (κ1) is 29.2. The number of rotatable bonds is 14. The third kappa shape index (κ3) is 9.14. The van der Waals surface area contributed by atoms with E-state index in [1.165, 1.54) is 21.3 Å². The van der Waals surface area contributed by atoms with E-state index >= 15 is 0 Å². The maximum atomic E-state index is 13.6. The van der Waals surface area contributed by atoms with Crippen LogP contribution in [0.25, 0.3) is 0 Å². The molecule has 0 unspecified atom stereocenters. The van der Waals surface area contributed by atoms with Crippen LogP contribution >= 0.6 is 0 Å². The number of β-amino-alcohol motifs (C(OH)–C–C–N with tert-alkyl or cyclic N) is 1. The SMILES string of the molecule is COc1cc(C(=O)N(CC(C)C)C[C@H]2CN(C[C@@H](O)COCC(C)C)CCO2)cc(OC)c1OC. The van der Waals surface area contributed by atoms with Crippen LogP contribution < -0.4 is 14.2 Å². The van der Waals surface area contributed by atoms with E-state index < -0.39 is 6.10 Å². The minimum atomic E-state index is -0.555. The molecule has 1 fully saturated rings. The molecule has 0 bridgehead atoms. The van der Waals surface area contributed by atoms with Gasteiger partial charge in [-0.25, -0.2) is 0 Å². The van der Waals surface area contributed by atoms with Gasteiger partial charge in [-0.3, -0.25) is 9.69 Å². The largest absolute Gasteiger partial charge is 0.493 e. The summed E-state index contributed by atoms with van der Waals surface area (Å²) in [6.45, 7) is 12.8. The maximum absolute atomic E-state index is 13.6. The third-order valence-electron chi connectivity index (χ3n) is 5.66. The van der Waals surface area contributed by atoms with Crippen molar-refractivity contribution in [1.82, 2.24) is 9.80 Å². The van der Waals surface area contributed by atoms with Crippen LogP contribution in [-0.4, -0.2) is 107 Å². The number of amides is 1. The zero-order valence-corrected chi connectivity index (χ0v) is 22.4. The van der Waals surface area contributed by atoms with Crippen LogP contribution in [0.2, 0.25) is 0 Å². The summed E-state index contributed by atoms with van der Waals surface area (Å²) in [6, 6.07) is 3.36. The molecular formula is C26H44N2O7. The van der Waals surface area contributed by atoms with Crippen molar-refractivity contribution in [3.05, 3.63) is 17.7 Å². The second kappa shape index (κ2) is 14.5. The fraction of sp³-hybridized carbons (Fsp3) is 0.731. The van der Waals surface area contributed by atoms with Crippen molar-refractivity contribution in [2.45, 2.75) is 39.9 Å². The van der Waals surface area contributed by atoms with Gasteiger partial charge in [0.2, 0.25) is 5.75 Å². The molecule has 1 N–H and O–H groups in total. The highest BCUT2D eigenvalue weighted by Gasteiger charge is 2.28. The lowest BCUT2D eigenvalue weighted by Gasteiger charge is -2.37. The smallest absolute Gasteiger partial charge is 0.254 e.